The summed E-state index contributed by atoms with van der Waals surface area (Å²) in [5.74, 6) is 0. The number of hydrogen-bond donors (Lipinski definition) is 1. The average molecular weight is 222 g/mol. The molecule has 0 bridgehead atoms. The van der Waals surface area contributed by atoms with E-state index in [1.54, 1.807) is 0 Å². The molecule has 2 rings (SSSR count). The minimum absolute atomic E-state index is 0.0446. The molecule has 0 radical (unpaired) electrons. The first-order valence-corrected chi connectivity index (χ1v) is 6.52. The molecule has 2 aliphatic rings. The van der Waals surface area contributed by atoms with Gasteiger partial charge in [0.25, 0.3) is 0 Å². The fourth-order valence-corrected chi connectivity index (χ4v) is 4.51. The molecule has 0 aliphatic heterocycles. The molecule has 0 aromatic rings. The van der Waals surface area contributed by atoms with E-state index in [1.165, 1.54) is 11.1 Å². The van der Waals surface area contributed by atoms with Gasteiger partial charge in [-0.3, -0.25) is 0 Å². The predicted octanol–water partition coefficient (Wildman–Crippen LogP) is 3.92. The lowest BCUT2D eigenvalue weighted by Gasteiger charge is -2.59. The van der Waals surface area contributed by atoms with E-state index >= 15 is 0 Å². The highest BCUT2D eigenvalue weighted by atomic mass is 16.3. The molecule has 0 amide bonds. The van der Waals surface area contributed by atoms with E-state index in [1.807, 2.05) is 0 Å². The number of aliphatic hydroxyl groups excluding tert-OH is 1. The molecule has 3 atom stereocenters. The lowest BCUT2D eigenvalue weighted by molar-refractivity contribution is -0.129. The number of hydrogen-bond acceptors (Lipinski definition) is 1. The van der Waals surface area contributed by atoms with Gasteiger partial charge in [0.15, 0.2) is 0 Å². The van der Waals surface area contributed by atoms with Crippen molar-refractivity contribution in [3.63, 3.8) is 0 Å². The van der Waals surface area contributed by atoms with Gasteiger partial charge < -0.3 is 5.11 Å². The molecule has 16 heavy (non-hydrogen) atoms. The molecule has 0 spiro atoms. The average Bonchev–Trinajstić information content (AvgIpc) is 2.37. The zero-order chi connectivity index (χ0) is 12.4. The third-order valence-electron chi connectivity index (χ3n) is 6.30. The van der Waals surface area contributed by atoms with Crippen LogP contribution >= 0.6 is 0 Å². The molecule has 1 saturated carbocycles. The third kappa shape index (κ3) is 1.11. The summed E-state index contributed by atoms with van der Waals surface area (Å²) in [5, 5.41) is 10.4. The second-order valence-electron chi connectivity index (χ2n) is 7.06. The first kappa shape index (κ1) is 12.2. The molecule has 1 N–H and O–H groups in total. The van der Waals surface area contributed by atoms with Gasteiger partial charge in [0.05, 0.1) is 6.10 Å². The topological polar surface area (TPSA) is 20.2 Å². The number of allylic oxidation sites excluding steroid dienone is 2. The summed E-state index contributed by atoms with van der Waals surface area (Å²) in [6.45, 7) is 13.9. The van der Waals surface area contributed by atoms with E-state index < -0.39 is 0 Å². The summed E-state index contributed by atoms with van der Waals surface area (Å²) in [5.41, 5.74) is 3.52. The Morgan fingerprint density at radius 3 is 2.19 bits per heavy atom. The van der Waals surface area contributed by atoms with E-state index in [9.17, 15) is 5.11 Å². The van der Waals surface area contributed by atoms with E-state index in [-0.39, 0.29) is 16.9 Å². The maximum absolute atomic E-state index is 10.4. The fraction of sp³-hybridized carbons (Fsp3) is 0.867. The lowest BCUT2D eigenvalue weighted by Crippen LogP contribution is -2.55. The molecule has 92 valence electrons. The van der Waals surface area contributed by atoms with Gasteiger partial charge in [0, 0.05) is 10.8 Å². The summed E-state index contributed by atoms with van der Waals surface area (Å²) >= 11 is 0. The molecule has 0 heterocycles. The van der Waals surface area contributed by atoms with E-state index in [0.29, 0.717) is 5.41 Å². The smallest absolute Gasteiger partial charge is 0.0605 e. The van der Waals surface area contributed by atoms with Crippen molar-refractivity contribution in [1.82, 2.24) is 0 Å². The molecule has 1 heteroatoms. The number of rotatable bonds is 0. The molecule has 1 fully saturated rings. The Morgan fingerprint density at radius 1 is 1.12 bits per heavy atom. The molecule has 0 aromatic heterocycles. The first-order chi connectivity index (χ1) is 7.17. The minimum atomic E-state index is -0.141. The van der Waals surface area contributed by atoms with Crippen LogP contribution in [0.2, 0.25) is 0 Å². The Bertz CT molecular complexity index is 352. The van der Waals surface area contributed by atoms with Crippen molar-refractivity contribution in [2.24, 2.45) is 16.2 Å². The van der Waals surface area contributed by atoms with Crippen LogP contribution < -0.4 is 0 Å². The van der Waals surface area contributed by atoms with Crippen LogP contribution in [0.3, 0.4) is 0 Å². The minimum Gasteiger partial charge on any atom is -0.393 e. The monoisotopic (exact) mass is 222 g/mol. The molecule has 2 aliphatic carbocycles. The van der Waals surface area contributed by atoms with Crippen LogP contribution in [0.1, 0.15) is 60.8 Å². The van der Waals surface area contributed by atoms with Crippen LogP contribution in [0.15, 0.2) is 11.1 Å². The Labute approximate surface area is 99.9 Å². The summed E-state index contributed by atoms with van der Waals surface area (Å²) in [6, 6.07) is 0. The van der Waals surface area contributed by atoms with Gasteiger partial charge in [-0.2, -0.15) is 0 Å². The summed E-state index contributed by atoms with van der Waals surface area (Å²) in [6.07, 6.45) is 3.02. The normalized spacial score (nSPS) is 47.1. The summed E-state index contributed by atoms with van der Waals surface area (Å²) in [7, 11) is 0. The first-order valence-electron chi connectivity index (χ1n) is 6.52. The van der Waals surface area contributed by atoms with Crippen LogP contribution in [-0.2, 0) is 0 Å². The van der Waals surface area contributed by atoms with Gasteiger partial charge in [-0.25, -0.2) is 0 Å². The maximum Gasteiger partial charge on any atom is 0.0605 e. The summed E-state index contributed by atoms with van der Waals surface area (Å²) < 4.78 is 0. The summed E-state index contributed by atoms with van der Waals surface area (Å²) in [4.78, 5) is 0. The second-order valence-corrected chi connectivity index (χ2v) is 7.06. The van der Waals surface area contributed by atoms with Gasteiger partial charge >= 0.3 is 0 Å². The highest BCUT2D eigenvalue weighted by Gasteiger charge is 2.63. The number of aliphatic hydroxyl groups is 1. The van der Waals surface area contributed by atoms with Crippen LogP contribution in [0.4, 0.5) is 0 Å². The van der Waals surface area contributed by atoms with Crippen molar-refractivity contribution in [2.45, 2.75) is 66.9 Å². The van der Waals surface area contributed by atoms with E-state index in [0.717, 1.165) is 19.3 Å². The predicted molar refractivity (Wildman–Crippen MR) is 68.2 cm³/mol. The van der Waals surface area contributed by atoms with Gasteiger partial charge in [-0.05, 0) is 38.5 Å². The molecular formula is C15H26O. The van der Waals surface area contributed by atoms with Gasteiger partial charge in [0.1, 0.15) is 0 Å². The largest absolute Gasteiger partial charge is 0.393 e. The molecule has 1 nitrogen and oxygen atoms in total. The fourth-order valence-electron chi connectivity index (χ4n) is 4.51. The van der Waals surface area contributed by atoms with Crippen molar-refractivity contribution < 1.29 is 5.11 Å². The molecular weight excluding hydrogens is 196 g/mol. The van der Waals surface area contributed by atoms with Crippen molar-refractivity contribution in [1.29, 1.82) is 0 Å². The van der Waals surface area contributed by atoms with E-state index in [4.69, 9.17) is 0 Å². The zero-order valence-electron chi connectivity index (χ0n) is 11.6. The molecule has 0 unspecified atom stereocenters. The molecule has 0 saturated heterocycles. The van der Waals surface area contributed by atoms with E-state index in [2.05, 4.69) is 41.5 Å². The highest BCUT2D eigenvalue weighted by Crippen LogP contribution is 2.69. The quantitative estimate of drug-likeness (QED) is 0.616. The lowest BCUT2D eigenvalue weighted by atomic mass is 9.46. The zero-order valence-corrected chi connectivity index (χ0v) is 11.6. The Kier molecular flexibility index (Phi) is 2.38. The van der Waals surface area contributed by atoms with Crippen LogP contribution in [-0.4, -0.2) is 11.2 Å². The van der Waals surface area contributed by atoms with Crippen LogP contribution in [0, 0.1) is 16.2 Å². The van der Waals surface area contributed by atoms with Gasteiger partial charge in [0.2, 0.25) is 0 Å². The van der Waals surface area contributed by atoms with Gasteiger partial charge in [-0.1, -0.05) is 38.8 Å². The number of fused-ring (bicyclic) bond motifs is 1. The van der Waals surface area contributed by atoms with Crippen molar-refractivity contribution in [2.75, 3.05) is 0 Å². The van der Waals surface area contributed by atoms with Crippen molar-refractivity contribution >= 4 is 0 Å². The SMILES string of the molecule is CC1=C(C)[C@]2(C)C(C)(C)CC[C@@H](O)[C@]2(C)C1. The highest BCUT2D eigenvalue weighted by molar-refractivity contribution is 5.35. The van der Waals surface area contributed by atoms with Crippen molar-refractivity contribution in [3.8, 4) is 0 Å². The molecule has 0 aromatic carbocycles. The van der Waals surface area contributed by atoms with Gasteiger partial charge in [-0.15, -0.1) is 0 Å². The standard InChI is InChI=1S/C15H26O/c1-10-9-14(5)12(16)7-8-13(3,4)15(14,6)11(10)2/h12,16H,7-9H2,1-6H3/t12-,14+,15-/m1/s1. The maximum atomic E-state index is 10.4. The third-order valence-corrected chi connectivity index (χ3v) is 6.30. The Hall–Kier alpha value is -0.300. The Morgan fingerprint density at radius 2 is 1.69 bits per heavy atom. The van der Waals surface area contributed by atoms with Crippen LogP contribution in [0.25, 0.3) is 0 Å². The van der Waals surface area contributed by atoms with Crippen molar-refractivity contribution in [3.05, 3.63) is 11.1 Å². The van der Waals surface area contributed by atoms with Crippen LogP contribution in [0.5, 0.6) is 0 Å². The second kappa shape index (κ2) is 3.13. The Balaban J connectivity index is 2.60.